The third kappa shape index (κ3) is 7.48. The highest BCUT2D eigenvalue weighted by Gasteiger charge is 2.31. The molecule has 0 radical (unpaired) electrons. The summed E-state index contributed by atoms with van der Waals surface area (Å²) in [5.74, 6) is 0.520. The summed E-state index contributed by atoms with van der Waals surface area (Å²) in [6.45, 7) is 9.49. The summed E-state index contributed by atoms with van der Waals surface area (Å²) >= 11 is 0. The van der Waals surface area contributed by atoms with Crippen LogP contribution in [-0.4, -0.2) is 62.5 Å². The Hall–Kier alpha value is -2.79. The topological polar surface area (TPSA) is 81.8 Å². The molecule has 0 bridgehead atoms. The summed E-state index contributed by atoms with van der Waals surface area (Å²) in [6, 6.07) is 9.45. The van der Waals surface area contributed by atoms with Crippen LogP contribution >= 0.6 is 0 Å². The SMILES string of the molecule is CCN(CC1CCN(C(=O)NC(C)C)CC1)C1CCc2ccc(NS(=O)(=O)c3ccc(C(F)(F)F)cc3)cc2C1. The van der Waals surface area contributed by atoms with Gasteiger partial charge in [-0.05, 0) is 106 Å². The summed E-state index contributed by atoms with van der Waals surface area (Å²) in [5.41, 5.74) is 1.78. The third-order valence-corrected chi connectivity index (χ3v) is 9.28. The van der Waals surface area contributed by atoms with Gasteiger partial charge >= 0.3 is 12.2 Å². The molecule has 0 aromatic heterocycles. The zero-order valence-electron chi connectivity index (χ0n) is 23.3. The molecule has 0 saturated carbocycles. The van der Waals surface area contributed by atoms with Crippen LogP contribution in [0.1, 0.15) is 56.7 Å². The van der Waals surface area contributed by atoms with Gasteiger partial charge in [0.25, 0.3) is 10.0 Å². The number of hydrogen-bond donors (Lipinski definition) is 2. The molecule has 1 atom stereocenters. The van der Waals surface area contributed by atoms with Crippen molar-refractivity contribution in [3.05, 3.63) is 59.2 Å². The van der Waals surface area contributed by atoms with Gasteiger partial charge in [-0.2, -0.15) is 13.2 Å². The number of sulfonamides is 1. The standard InChI is InChI=1S/C29H39F3N4O3S/c1-4-35(19-21-13-15-36(16-14-21)28(37)33-20(2)3)26-10-6-22-5-9-25(17-23(22)18-26)34-40(38,39)27-11-7-24(8-12-27)29(30,31)32/h5,7-9,11-12,17,20-21,26,34H,4,6,10,13-16,18-19H2,1-3H3,(H,33,37). The van der Waals surface area contributed by atoms with Crippen molar-refractivity contribution in [2.24, 2.45) is 5.92 Å². The number of anilines is 1. The van der Waals surface area contributed by atoms with Gasteiger partial charge in [-0.25, -0.2) is 13.2 Å². The van der Waals surface area contributed by atoms with Gasteiger partial charge in [-0.3, -0.25) is 4.72 Å². The number of fused-ring (bicyclic) bond motifs is 1. The zero-order chi connectivity index (χ0) is 29.1. The number of carbonyl (C=O) groups excluding carboxylic acids is 1. The van der Waals surface area contributed by atoms with Gasteiger partial charge in [0.05, 0.1) is 10.5 Å². The van der Waals surface area contributed by atoms with Crippen LogP contribution in [0.25, 0.3) is 0 Å². The lowest BCUT2D eigenvalue weighted by molar-refractivity contribution is -0.137. The van der Waals surface area contributed by atoms with E-state index in [0.29, 0.717) is 17.6 Å². The maximum atomic E-state index is 12.9. The Kier molecular flexibility index (Phi) is 9.34. The smallest absolute Gasteiger partial charge is 0.336 e. The fourth-order valence-corrected chi connectivity index (χ4v) is 6.72. The van der Waals surface area contributed by atoms with Crippen molar-refractivity contribution in [3.8, 4) is 0 Å². The second kappa shape index (κ2) is 12.4. The Balaban J connectivity index is 1.37. The van der Waals surface area contributed by atoms with Crippen LogP contribution in [-0.2, 0) is 29.0 Å². The number of amides is 2. The van der Waals surface area contributed by atoms with Gasteiger partial charge in [0, 0.05) is 37.4 Å². The molecule has 0 spiro atoms. The lowest BCUT2D eigenvalue weighted by atomic mass is 9.86. The van der Waals surface area contributed by atoms with Gasteiger partial charge in [0.15, 0.2) is 0 Å². The number of likely N-dealkylation sites (tertiary alicyclic amines) is 1. The number of likely N-dealkylation sites (N-methyl/N-ethyl adjacent to an activating group) is 1. The minimum Gasteiger partial charge on any atom is -0.336 e. The first kappa shape index (κ1) is 30.2. The molecular weight excluding hydrogens is 541 g/mol. The summed E-state index contributed by atoms with van der Waals surface area (Å²) < 4.78 is 66.8. The Labute approximate surface area is 235 Å². The Bertz CT molecular complexity index is 1270. The number of hydrogen-bond acceptors (Lipinski definition) is 4. The average Bonchev–Trinajstić information content (AvgIpc) is 2.90. The van der Waals surface area contributed by atoms with Crippen molar-refractivity contribution in [2.75, 3.05) is 30.9 Å². The Morgan fingerprint density at radius 1 is 1.05 bits per heavy atom. The maximum Gasteiger partial charge on any atom is 0.416 e. The number of piperidine rings is 1. The van der Waals surface area contributed by atoms with Crippen LogP contribution in [0, 0.1) is 5.92 Å². The van der Waals surface area contributed by atoms with E-state index in [9.17, 15) is 26.4 Å². The monoisotopic (exact) mass is 580 g/mol. The molecule has 1 saturated heterocycles. The molecule has 1 heterocycles. The van der Waals surface area contributed by atoms with Crippen LogP contribution in [0.3, 0.4) is 0 Å². The largest absolute Gasteiger partial charge is 0.416 e. The van der Waals surface area contributed by atoms with Crippen LogP contribution in [0.2, 0.25) is 0 Å². The molecule has 40 heavy (non-hydrogen) atoms. The van der Waals surface area contributed by atoms with E-state index in [-0.39, 0.29) is 17.0 Å². The number of rotatable bonds is 8. The molecule has 1 fully saturated rings. The van der Waals surface area contributed by atoms with Crippen molar-refractivity contribution in [2.45, 2.75) is 76.0 Å². The summed E-state index contributed by atoms with van der Waals surface area (Å²) in [7, 11) is -4.03. The van der Waals surface area contributed by atoms with E-state index in [2.05, 4.69) is 21.9 Å². The quantitative estimate of drug-likeness (QED) is 0.431. The van der Waals surface area contributed by atoms with E-state index in [1.807, 2.05) is 30.9 Å². The lowest BCUT2D eigenvalue weighted by Crippen LogP contribution is -2.48. The summed E-state index contributed by atoms with van der Waals surface area (Å²) in [6.07, 6.45) is 0.138. The van der Waals surface area contributed by atoms with Crippen molar-refractivity contribution < 1.29 is 26.4 Å². The van der Waals surface area contributed by atoms with Gasteiger partial charge < -0.3 is 15.1 Å². The minimum atomic E-state index is -4.53. The second-order valence-electron chi connectivity index (χ2n) is 11.1. The van der Waals surface area contributed by atoms with Crippen LogP contribution in [0.15, 0.2) is 47.4 Å². The number of alkyl halides is 3. The number of aryl methyl sites for hydroxylation is 1. The minimum absolute atomic E-state index is 0.00874. The predicted octanol–water partition coefficient (Wildman–Crippen LogP) is 5.52. The molecule has 7 nitrogen and oxygen atoms in total. The molecule has 1 aliphatic carbocycles. The van der Waals surface area contributed by atoms with Crippen LogP contribution in [0.4, 0.5) is 23.7 Å². The molecule has 1 aliphatic heterocycles. The Morgan fingerprint density at radius 3 is 2.33 bits per heavy atom. The third-order valence-electron chi connectivity index (χ3n) is 7.88. The molecule has 2 aromatic carbocycles. The molecule has 2 aromatic rings. The van der Waals surface area contributed by atoms with E-state index in [1.165, 1.54) is 5.56 Å². The van der Waals surface area contributed by atoms with E-state index < -0.39 is 21.8 Å². The molecular formula is C29H39F3N4O3S. The number of halogens is 3. The molecule has 220 valence electrons. The molecule has 11 heteroatoms. The molecule has 2 aliphatic rings. The van der Waals surface area contributed by atoms with Crippen LogP contribution < -0.4 is 10.0 Å². The molecule has 4 rings (SSSR count). The number of urea groups is 1. The first-order valence-corrected chi connectivity index (χ1v) is 15.5. The van der Waals surface area contributed by atoms with E-state index in [0.717, 1.165) is 88.1 Å². The maximum absolute atomic E-state index is 12.9. The van der Waals surface area contributed by atoms with Gasteiger partial charge in [0.1, 0.15) is 0 Å². The van der Waals surface area contributed by atoms with E-state index >= 15 is 0 Å². The highest BCUT2D eigenvalue weighted by atomic mass is 32.2. The van der Waals surface area contributed by atoms with Gasteiger partial charge in [-0.15, -0.1) is 0 Å². The predicted molar refractivity (Wildman–Crippen MR) is 150 cm³/mol. The van der Waals surface area contributed by atoms with E-state index in [1.54, 1.807) is 6.07 Å². The normalized spacial score (nSPS) is 18.6. The first-order chi connectivity index (χ1) is 18.9. The fraction of sp³-hybridized carbons (Fsp3) is 0.552. The second-order valence-corrected chi connectivity index (χ2v) is 12.8. The molecule has 1 unspecified atom stereocenters. The van der Waals surface area contributed by atoms with E-state index in [4.69, 9.17) is 0 Å². The summed E-state index contributed by atoms with van der Waals surface area (Å²) in [4.78, 5) is 16.5. The molecule has 2 N–H and O–H groups in total. The number of nitrogens with zero attached hydrogens (tertiary/aromatic N) is 2. The highest BCUT2D eigenvalue weighted by Crippen LogP contribution is 2.32. The van der Waals surface area contributed by atoms with Gasteiger partial charge in [-0.1, -0.05) is 13.0 Å². The van der Waals surface area contributed by atoms with Gasteiger partial charge in [0.2, 0.25) is 0 Å². The average molecular weight is 581 g/mol. The Morgan fingerprint density at radius 2 is 1.73 bits per heavy atom. The fourth-order valence-electron chi connectivity index (χ4n) is 5.68. The highest BCUT2D eigenvalue weighted by molar-refractivity contribution is 7.92. The van der Waals surface area contributed by atoms with Crippen molar-refractivity contribution in [1.29, 1.82) is 0 Å². The number of nitrogens with one attached hydrogen (secondary N) is 2. The number of benzene rings is 2. The van der Waals surface area contributed by atoms with Crippen LogP contribution in [0.5, 0.6) is 0 Å². The lowest BCUT2D eigenvalue weighted by Gasteiger charge is -2.39. The van der Waals surface area contributed by atoms with Crippen molar-refractivity contribution in [1.82, 2.24) is 15.1 Å². The molecule has 2 amide bonds. The number of carbonyl (C=O) groups is 1. The summed E-state index contributed by atoms with van der Waals surface area (Å²) in [5, 5.41) is 2.97. The van der Waals surface area contributed by atoms with Crippen molar-refractivity contribution >= 4 is 21.7 Å². The zero-order valence-corrected chi connectivity index (χ0v) is 24.1. The first-order valence-electron chi connectivity index (χ1n) is 14.0. The van der Waals surface area contributed by atoms with Crippen molar-refractivity contribution in [3.63, 3.8) is 0 Å².